The fraction of sp³-hybridized carbons (Fsp3) is 0.500. The number of methoxy groups -OCH3 is 2. The molecule has 1 aliphatic carbocycles. The molecule has 1 saturated heterocycles. The molecular weight excluding hydrogens is 322 g/mol. The standard InChI is InChI=1S/C18H21N3O4/c1-24-11-8-12-15(13(9-11)25-2)19-10-20-16(12)21-7-6-18(17(22)23)5-3-4-14(18)21/h8-10,14H,3-7H2,1-2H3,(H,22,23)/t14-,18+/m0/s1. The number of carboxylic acid groups (broad SMARTS) is 1. The number of carbonyl (C=O) groups is 1. The highest BCUT2D eigenvalue weighted by molar-refractivity contribution is 5.95. The van der Waals surface area contributed by atoms with Crippen LogP contribution in [0.3, 0.4) is 0 Å². The highest BCUT2D eigenvalue weighted by Gasteiger charge is 2.56. The van der Waals surface area contributed by atoms with Gasteiger partial charge >= 0.3 is 5.97 Å². The summed E-state index contributed by atoms with van der Waals surface area (Å²) in [5.74, 6) is 1.35. The Morgan fingerprint density at radius 2 is 2.12 bits per heavy atom. The van der Waals surface area contributed by atoms with Crippen molar-refractivity contribution >= 4 is 22.7 Å². The molecule has 0 amide bonds. The number of fused-ring (bicyclic) bond motifs is 2. The second-order valence-corrected chi connectivity index (χ2v) is 6.74. The van der Waals surface area contributed by atoms with Gasteiger partial charge in [0.15, 0.2) is 0 Å². The van der Waals surface area contributed by atoms with Crippen LogP contribution >= 0.6 is 0 Å². The van der Waals surface area contributed by atoms with Crippen LogP contribution in [0.25, 0.3) is 10.9 Å². The highest BCUT2D eigenvalue weighted by Crippen LogP contribution is 2.51. The van der Waals surface area contributed by atoms with E-state index in [0.29, 0.717) is 30.0 Å². The first-order valence-electron chi connectivity index (χ1n) is 8.47. The molecule has 1 saturated carbocycles. The zero-order valence-corrected chi connectivity index (χ0v) is 14.4. The minimum absolute atomic E-state index is 0.0275. The van der Waals surface area contributed by atoms with Crippen LogP contribution < -0.4 is 14.4 Å². The summed E-state index contributed by atoms with van der Waals surface area (Å²) in [5.41, 5.74) is 0.0550. The van der Waals surface area contributed by atoms with E-state index >= 15 is 0 Å². The van der Waals surface area contributed by atoms with E-state index in [2.05, 4.69) is 14.9 Å². The average Bonchev–Trinajstić information content (AvgIpc) is 3.20. The minimum atomic E-state index is -0.689. The van der Waals surface area contributed by atoms with Crippen molar-refractivity contribution in [3.05, 3.63) is 18.5 Å². The van der Waals surface area contributed by atoms with Crippen molar-refractivity contribution in [2.75, 3.05) is 25.7 Å². The minimum Gasteiger partial charge on any atom is -0.497 e. The number of anilines is 1. The van der Waals surface area contributed by atoms with Gasteiger partial charge in [0.25, 0.3) is 0 Å². The normalized spacial score (nSPS) is 25.2. The third-order valence-corrected chi connectivity index (χ3v) is 5.72. The first-order chi connectivity index (χ1) is 12.1. The molecule has 2 aromatic rings. The Balaban J connectivity index is 1.86. The lowest BCUT2D eigenvalue weighted by atomic mass is 9.82. The second-order valence-electron chi connectivity index (χ2n) is 6.74. The number of nitrogens with zero attached hydrogens (tertiary/aromatic N) is 3. The molecule has 1 aromatic carbocycles. The molecule has 25 heavy (non-hydrogen) atoms. The van der Waals surface area contributed by atoms with Crippen LogP contribution in [0.15, 0.2) is 18.5 Å². The van der Waals surface area contributed by atoms with Gasteiger partial charge in [-0.25, -0.2) is 9.97 Å². The Hall–Kier alpha value is -2.57. The number of hydrogen-bond donors (Lipinski definition) is 1. The van der Waals surface area contributed by atoms with Crippen molar-refractivity contribution in [2.24, 2.45) is 5.41 Å². The van der Waals surface area contributed by atoms with Gasteiger partial charge < -0.3 is 19.5 Å². The summed E-state index contributed by atoms with van der Waals surface area (Å²) < 4.78 is 10.8. The van der Waals surface area contributed by atoms with E-state index < -0.39 is 11.4 Å². The van der Waals surface area contributed by atoms with E-state index in [4.69, 9.17) is 9.47 Å². The molecule has 0 unspecified atom stereocenters. The molecule has 1 N–H and O–H groups in total. The van der Waals surface area contributed by atoms with Crippen LogP contribution in [0, 0.1) is 5.41 Å². The van der Waals surface area contributed by atoms with E-state index in [0.717, 1.165) is 30.5 Å². The maximum atomic E-state index is 11.9. The molecule has 7 heteroatoms. The first-order valence-corrected chi connectivity index (χ1v) is 8.47. The molecule has 4 rings (SSSR count). The number of carboxylic acids is 1. The molecule has 132 valence electrons. The number of aromatic nitrogens is 2. The van der Waals surface area contributed by atoms with Crippen molar-refractivity contribution in [1.29, 1.82) is 0 Å². The molecule has 2 aliphatic rings. The van der Waals surface area contributed by atoms with E-state index in [1.165, 1.54) is 6.33 Å². The maximum absolute atomic E-state index is 11.9. The number of hydrogen-bond acceptors (Lipinski definition) is 6. The Morgan fingerprint density at radius 1 is 1.28 bits per heavy atom. The number of rotatable bonds is 4. The van der Waals surface area contributed by atoms with Crippen molar-refractivity contribution in [2.45, 2.75) is 31.7 Å². The van der Waals surface area contributed by atoms with Crippen molar-refractivity contribution in [1.82, 2.24) is 9.97 Å². The zero-order valence-electron chi connectivity index (χ0n) is 14.4. The maximum Gasteiger partial charge on any atom is 0.311 e. The Morgan fingerprint density at radius 3 is 2.84 bits per heavy atom. The Bertz CT molecular complexity index is 840. The van der Waals surface area contributed by atoms with Crippen LogP contribution in [0.4, 0.5) is 5.82 Å². The molecule has 2 fully saturated rings. The van der Waals surface area contributed by atoms with Gasteiger partial charge in [-0.1, -0.05) is 6.42 Å². The van der Waals surface area contributed by atoms with E-state index in [1.54, 1.807) is 20.3 Å². The van der Waals surface area contributed by atoms with E-state index in [9.17, 15) is 9.90 Å². The van der Waals surface area contributed by atoms with Crippen LogP contribution in [0.5, 0.6) is 11.5 Å². The molecule has 2 heterocycles. The summed E-state index contributed by atoms with van der Waals surface area (Å²) in [4.78, 5) is 23.0. The lowest BCUT2D eigenvalue weighted by molar-refractivity contribution is -0.148. The topological polar surface area (TPSA) is 84.8 Å². The van der Waals surface area contributed by atoms with Crippen LogP contribution in [-0.4, -0.2) is 47.8 Å². The van der Waals surface area contributed by atoms with E-state index in [-0.39, 0.29) is 6.04 Å². The quantitative estimate of drug-likeness (QED) is 0.913. The van der Waals surface area contributed by atoms with Gasteiger partial charge in [0, 0.05) is 18.7 Å². The number of ether oxygens (including phenoxy) is 2. The monoisotopic (exact) mass is 343 g/mol. The van der Waals surface area contributed by atoms with Crippen LogP contribution in [0.1, 0.15) is 25.7 Å². The lowest BCUT2D eigenvalue weighted by Crippen LogP contribution is -2.41. The zero-order chi connectivity index (χ0) is 17.6. The van der Waals surface area contributed by atoms with Crippen molar-refractivity contribution in [3.63, 3.8) is 0 Å². The van der Waals surface area contributed by atoms with Crippen molar-refractivity contribution < 1.29 is 19.4 Å². The van der Waals surface area contributed by atoms with Gasteiger partial charge in [0.2, 0.25) is 0 Å². The molecule has 0 bridgehead atoms. The largest absolute Gasteiger partial charge is 0.497 e. The molecule has 2 atom stereocenters. The SMILES string of the molecule is COc1cc(OC)c2ncnc(N3CC[C@]4(C(=O)O)CCC[C@H]34)c2c1. The fourth-order valence-corrected chi connectivity index (χ4v) is 4.48. The van der Waals surface area contributed by atoms with Crippen LogP contribution in [-0.2, 0) is 4.79 Å². The van der Waals surface area contributed by atoms with Crippen molar-refractivity contribution in [3.8, 4) is 11.5 Å². The predicted octanol–water partition coefficient (Wildman–Crippen LogP) is 2.48. The molecule has 7 nitrogen and oxygen atoms in total. The second kappa shape index (κ2) is 5.75. The summed E-state index contributed by atoms with van der Waals surface area (Å²) in [6.45, 7) is 0.683. The Labute approximate surface area is 145 Å². The summed E-state index contributed by atoms with van der Waals surface area (Å²) >= 11 is 0. The van der Waals surface area contributed by atoms with Gasteiger partial charge in [-0.15, -0.1) is 0 Å². The van der Waals surface area contributed by atoms with Gasteiger partial charge in [0.1, 0.15) is 29.2 Å². The smallest absolute Gasteiger partial charge is 0.311 e. The third-order valence-electron chi connectivity index (χ3n) is 5.72. The average molecular weight is 343 g/mol. The predicted molar refractivity (Wildman–Crippen MR) is 92.3 cm³/mol. The summed E-state index contributed by atoms with van der Waals surface area (Å²) in [7, 11) is 3.20. The highest BCUT2D eigenvalue weighted by atomic mass is 16.5. The fourth-order valence-electron chi connectivity index (χ4n) is 4.48. The molecule has 1 aromatic heterocycles. The van der Waals surface area contributed by atoms with Gasteiger partial charge in [-0.2, -0.15) is 0 Å². The molecular formula is C18H21N3O4. The van der Waals surface area contributed by atoms with Gasteiger partial charge in [-0.3, -0.25) is 4.79 Å². The summed E-state index contributed by atoms with van der Waals surface area (Å²) in [6.07, 6.45) is 4.71. The number of benzene rings is 1. The third kappa shape index (κ3) is 2.22. The molecule has 0 radical (unpaired) electrons. The molecule has 1 aliphatic heterocycles. The summed E-state index contributed by atoms with van der Waals surface area (Å²) in [6, 6.07) is 3.66. The van der Waals surface area contributed by atoms with Gasteiger partial charge in [0.05, 0.1) is 25.0 Å². The molecule has 0 spiro atoms. The number of aliphatic carboxylic acids is 1. The van der Waals surface area contributed by atoms with Gasteiger partial charge in [-0.05, 0) is 25.3 Å². The Kier molecular flexibility index (Phi) is 3.67. The van der Waals surface area contributed by atoms with Crippen LogP contribution in [0.2, 0.25) is 0 Å². The van der Waals surface area contributed by atoms with E-state index in [1.807, 2.05) is 6.07 Å². The lowest BCUT2D eigenvalue weighted by Gasteiger charge is -2.30. The first kappa shape index (κ1) is 15.9. The summed E-state index contributed by atoms with van der Waals surface area (Å²) in [5, 5.41) is 10.6.